The van der Waals surface area contributed by atoms with E-state index in [2.05, 4.69) is 34.9 Å². The standard InChI is InChI=1S/C15H22N2O/c18-15(13-7-3-4-10-16-13)14-9-8-11-5-1-2-6-12(11)17-14/h1-2,5-6,13-18H,3-4,7-10H2. The van der Waals surface area contributed by atoms with Crippen LogP contribution < -0.4 is 10.6 Å². The van der Waals surface area contributed by atoms with Gasteiger partial charge in [-0.25, -0.2) is 0 Å². The SMILES string of the molecule is OC(C1CCCCN1)C1CCc2ccccc2N1. The molecule has 3 heteroatoms. The van der Waals surface area contributed by atoms with Crippen molar-refractivity contribution in [2.45, 2.75) is 50.3 Å². The van der Waals surface area contributed by atoms with Gasteiger partial charge in [0.25, 0.3) is 0 Å². The Morgan fingerprint density at radius 3 is 2.83 bits per heavy atom. The molecule has 1 aromatic carbocycles. The highest BCUT2D eigenvalue weighted by Crippen LogP contribution is 2.27. The second-order valence-corrected chi connectivity index (χ2v) is 5.49. The molecule has 0 bridgehead atoms. The van der Waals surface area contributed by atoms with Crippen LogP contribution in [0.15, 0.2) is 24.3 Å². The number of fused-ring (bicyclic) bond motifs is 1. The van der Waals surface area contributed by atoms with Crippen LogP contribution in [0.3, 0.4) is 0 Å². The van der Waals surface area contributed by atoms with E-state index in [0.29, 0.717) is 0 Å². The van der Waals surface area contributed by atoms with Crippen molar-refractivity contribution >= 4 is 5.69 Å². The third-order valence-corrected chi connectivity index (χ3v) is 4.26. The molecule has 0 amide bonds. The van der Waals surface area contributed by atoms with Crippen molar-refractivity contribution in [1.82, 2.24) is 5.32 Å². The Hall–Kier alpha value is -1.06. The van der Waals surface area contributed by atoms with E-state index in [-0.39, 0.29) is 18.2 Å². The highest BCUT2D eigenvalue weighted by atomic mass is 16.3. The third kappa shape index (κ3) is 2.38. The van der Waals surface area contributed by atoms with Crippen LogP contribution in [-0.4, -0.2) is 29.8 Å². The van der Waals surface area contributed by atoms with Crippen LogP contribution >= 0.6 is 0 Å². The molecule has 18 heavy (non-hydrogen) atoms. The molecule has 0 aromatic heterocycles. The fourth-order valence-corrected chi connectivity index (χ4v) is 3.17. The predicted molar refractivity (Wildman–Crippen MR) is 73.8 cm³/mol. The molecule has 3 unspecified atom stereocenters. The predicted octanol–water partition coefficient (Wildman–Crippen LogP) is 1.92. The van der Waals surface area contributed by atoms with Crippen LogP contribution in [0.5, 0.6) is 0 Å². The van der Waals surface area contributed by atoms with E-state index >= 15 is 0 Å². The zero-order valence-corrected chi connectivity index (χ0v) is 10.7. The van der Waals surface area contributed by atoms with Gasteiger partial charge < -0.3 is 15.7 Å². The minimum atomic E-state index is -0.279. The van der Waals surface area contributed by atoms with Gasteiger partial charge in [0, 0.05) is 11.7 Å². The summed E-state index contributed by atoms with van der Waals surface area (Å²) in [5.74, 6) is 0. The smallest absolute Gasteiger partial charge is 0.0893 e. The lowest BCUT2D eigenvalue weighted by Crippen LogP contribution is -2.51. The van der Waals surface area contributed by atoms with Gasteiger partial charge in [0.05, 0.1) is 12.1 Å². The summed E-state index contributed by atoms with van der Waals surface area (Å²) in [6.45, 7) is 1.05. The molecule has 98 valence electrons. The largest absolute Gasteiger partial charge is 0.389 e. The van der Waals surface area contributed by atoms with Crippen LogP contribution in [0.2, 0.25) is 0 Å². The lowest BCUT2D eigenvalue weighted by molar-refractivity contribution is 0.0909. The number of aliphatic hydroxyl groups excluding tert-OH is 1. The molecule has 2 aliphatic rings. The molecule has 2 heterocycles. The van der Waals surface area contributed by atoms with Crippen molar-refractivity contribution in [2.24, 2.45) is 0 Å². The average molecular weight is 246 g/mol. The maximum atomic E-state index is 10.5. The molecular formula is C15H22N2O. The molecule has 3 rings (SSSR count). The number of rotatable bonds is 2. The summed E-state index contributed by atoms with van der Waals surface area (Å²) >= 11 is 0. The first kappa shape index (κ1) is 12.0. The van der Waals surface area contributed by atoms with Crippen LogP contribution in [0, 0.1) is 0 Å². The number of piperidine rings is 1. The number of aliphatic hydroxyl groups is 1. The van der Waals surface area contributed by atoms with Crippen molar-refractivity contribution in [3.63, 3.8) is 0 Å². The van der Waals surface area contributed by atoms with Gasteiger partial charge in [-0.3, -0.25) is 0 Å². The highest BCUT2D eigenvalue weighted by Gasteiger charge is 2.30. The van der Waals surface area contributed by atoms with E-state index in [1.165, 1.54) is 24.1 Å². The number of hydrogen-bond acceptors (Lipinski definition) is 3. The van der Waals surface area contributed by atoms with E-state index in [9.17, 15) is 5.11 Å². The summed E-state index contributed by atoms with van der Waals surface area (Å²) in [7, 11) is 0. The molecular weight excluding hydrogens is 224 g/mol. The van der Waals surface area contributed by atoms with Crippen LogP contribution in [0.25, 0.3) is 0 Å². The minimum absolute atomic E-state index is 0.190. The molecule has 1 aromatic rings. The number of nitrogens with one attached hydrogen (secondary N) is 2. The zero-order valence-electron chi connectivity index (χ0n) is 10.7. The number of anilines is 1. The molecule has 1 fully saturated rings. The van der Waals surface area contributed by atoms with E-state index in [1.807, 2.05) is 0 Å². The molecule has 0 radical (unpaired) electrons. The van der Waals surface area contributed by atoms with Gasteiger partial charge in [-0.1, -0.05) is 24.6 Å². The summed E-state index contributed by atoms with van der Waals surface area (Å²) in [4.78, 5) is 0. The number of aryl methyl sites for hydroxylation is 1. The van der Waals surface area contributed by atoms with Crippen molar-refractivity contribution in [3.05, 3.63) is 29.8 Å². The summed E-state index contributed by atoms with van der Waals surface area (Å²) in [5.41, 5.74) is 2.57. The van der Waals surface area contributed by atoms with Gasteiger partial charge in [-0.15, -0.1) is 0 Å². The minimum Gasteiger partial charge on any atom is -0.389 e. The van der Waals surface area contributed by atoms with E-state index in [4.69, 9.17) is 0 Å². The lowest BCUT2D eigenvalue weighted by atomic mass is 9.89. The first-order chi connectivity index (χ1) is 8.84. The van der Waals surface area contributed by atoms with Crippen LogP contribution in [0.4, 0.5) is 5.69 Å². The van der Waals surface area contributed by atoms with Gasteiger partial charge in [-0.05, 0) is 43.9 Å². The Bertz CT molecular complexity index is 401. The normalized spacial score (nSPS) is 29.2. The lowest BCUT2D eigenvalue weighted by Gasteiger charge is -2.36. The van der Waals surface area contributed by atoms with Crippen molar-refractivity contribution in [1.29, 1.82) is 0 Å². The summed E-state index contributed by atoms with van der Waals surface area (Å²) in [5, 5.41) is 17.5. The molecule has 1 saturated heterocycles. The van der Waals surface area contributed by atoms with Crippen LogP contribution in [-0.2, 0) is 6.42 Å². The van der Waals surface area contributed by atoms with Gasteiger partial charge >= 0.3 is 0 Å². The van der Waals surface area contributed by atoms with Gasteiger partial charge in [0.2, 0.25) is 0 Å². The second kappa shape index (κ2) is 5.29. The number of para-hydroxylation sites is 1. The number of hydrogen-bond donors (Lipinski definition) is 3. The number of benzene rings is 1. The first-order valence-electron chi connectivity index (χ1n) is 7.10. The maximum absolute atomic E-state index is 10.5. The first-order valence-corrected chi connectivity index (χ1v) is 7.10. The molecule has 3 atom stereocenters. The molecule has 0 saturated carbocycles. The Balaban J connectivity index is 1.67. The quantitative estimate of drug-likeness (QED) is 0.747. The van der Waals surface area contributed by atoms with Gasteiger partial charge in [0.1, 0.15) is 0 Å². The topological polar surface area (TPSA) is 44.3 Å². The Morgan fingerprint density at radius 2 is 2.00 bits per heavy atom. The Morgan fingerprint density at radius 1 is 1.11 bits per heavy atom. The molecule has 2 aliphatic heterocycles. The van der Waals surface area contributed by atoms with Crippen molar-refractivity contribution in [3.8, 4) is 0 Å². The van der Waals surface area contributed by atoms with Gasteiger partial charge in [-0.2, -0.15) is 0 Å². The van der Waals surface area contributed by atoms with E-state index in [0.717, 1.165) is 25.8 Å². The molecule has 0 spiro atoms. The zero-order chi connectivity index (χ0) is 12.4. The van der Waals surface area contributed by atoms with Crippen molar-refractivity contribution in [2.75, 3.05) is 11.9 Å². The second-order valence-electron chi connectivity index (χ2n) is 5.49. The Labute approximate surface area is 109 Å². The summed E-state index contributed by atoms with van der Waals surface area (Å²) in [6.07, 6.45) is 5.38. The monoisotopic (exact) mass is 246 g/mol. The maximum Gasteiger partial charge on any atom is 0.0893 e. The molecule has 0 aliphatic carbocycles. The summed E-state index contributed by atoms with van der Waals surface area (Å²) < 4.78 is 0. The fourth-order valence-electron chi connectivity index (χ4n) is 3.17. The summed E-state index contributed by atoms with van der Waals surface area (Å²) in [6, 6.07) is 8.88. The third-order valence-electron chi connectivity index (χ3n) is 4.26. The van der Waals surface area contributed by atoms with Crippen LogP contribution in [0.1, 0.15) is 31.2 Å². The fraction of sp³-hybridized carbons (Fsp3) is 0.600. The van der Waals surface area contributed by atoms with E-state index < -0.39 is 0 Å². The highest BCUT2D eigenvalue weighted by molar-refractivity contribution is 5.54. The van der Waals surface area contributed by atoms with Crippen molar-refractivity contribution < 1.29 is 5.11 Å². The van der Waals surface area contributed by atoms with E-state index in [1.54, 1.807) is 0 Å². The average Bonchev–Trinajstić information content (AvgIpc) is 2.47. The molecule has 3 nitrogen and oxygen atoms in total. The molecule has 3 N–H and O–H groups in total. The Kier molecular flexibility index (Phi) is 3.52. The van der Waals surface area contributed by atoms with Gasteiger partial charge in [0.15, 0.2) is 0 Å².